The highest BCUT2D eigenvalue weighted by Crippen LogP contribution is 2.51. The molecule has 0 radical (unpaired) electrons. The number of aliphatic hydroxyl groups is 1. The van der Waals surface area contributed by atoms with Crippen LogP contribution in [0, 0.1) is 11.3 Å². The highest BCUT2D eigenvalue weighted by molar-refractivity contribution is 7.91. The number of aliphatic hydroxyl groups excluding tert-OH is 1. The second kappa shape index (κ2) is 8.49. The first-order valence-electron chi connectivity index (χ1n) is 8.51. The highest BCUT2D eigenvalue weighted by Gasteiger charge is 2.46. The summed E-state index contributed by atoms with van der Waals surface area (Å²) in [5.41, 5.74) is 3.75. The normalized spacial score (nSPS) is 21.9. The molecule has 3 rings (SSSR count). The zero-order chi connectivity index (χ0) is 16.9. The van der Waals surface area contributed by atoms with Crippen molar-refractivity contribution in [1.82, 2.24) is 10.0 Å². The molecular weight excluding hydrogens is 308 g/mol. The summed E-state index contributed by atoms with van der Waals surface area (Å²) < 4.78 is 12.4. The predicted octanol–water partition coefficient (Wildman–Crippen LogP) is 3.52. The Kier molecular flexibility index (Phi) is 6.92. The van der Waals surface area contributed by atoms with Crippen LogP contribution in [0.15, 0.2) is 18.2 Å². The maximum atomic E-state index is 9.30. The van der Waals surface area contributed by atoms with Crippen molar-refractivity contribution in [2.24, 2.45) is 11.3 Å². The Labute approximate surface area is 144 Å². The molecule has 1 saturated heterocycles. The molecule has 0 bridgehead atoms. The molecular formula is C18H30N2O2S. The van der Waals surface area contributed by atoms with Gasteiger partial charge < -0.3 is 15.0 Å². The van der Waals surface area contributed by atoms with Gasteiger partial charge in [-0.3, -0.25) is 0 Å². The molecule has 1 aliphatic heterocycles. The third-order valence-corrected chi connectivity index (χ3v) is 4.97. The molecule has 4 N–H and O–H groups in total. The molecule has 1 unspecified atom stereocenters. The summed E-state index contributed by atoms with van der Waals surface area (Å²) in [6.07, 6.45) is 3.30. The Hall–Kier alpha value is -0.590. The molecule has 0 saturated carbocycles. The molecule has 130 valence electrons. The number of benzene rings is 1. The van der Waals surface area contributed by atoms with Crippen molar-refractivity contribution in [3.8, 4) is 0 Å². The van der Waals surface area contributed by atoms with Crippen molar-refractivity contribution < 1.29 is 9.66 Å². The van der Waals surface area contributed by atoms with E-state index >= 15 is 0 Å². The molecule has 1 heterocycles. The minimum absolute atomic E-state index is 0.0703. The molecule has 0 amide bonds. The first-order valence-corrected chi connectivity index (χ1v) is 9.29. The van der Waals surface area contributed by atoms with Gasteiger partial charge in [-0.1, -0.05) is 39.0 Å². The van der Waals surface area contributed by atoms with E-state index in [1.807, 2.05) is 6.07 Å². The number of hydrogen-bond donors (Lipinski definition) is 4. The molecule has 5 heteroatoms. The smallest absolute Gasteiger partial charge is 0.0766 e. The lowest BCUT2D eigenvalue weighted by Gasteiger charge is -2.39. The van der Waals surface area contributed by atoms with E-state index in [1.54, 1.807) is 0 Å². The maximum absolute atomic E-state index is 9.30. The van der Waals surface area contributed by atoms with Gasteiger partial charge in [-0.15, -0.1) is 0 Å². The van der Waals surface area contributed by atoms with Crippen LogP contribution < -0.4 is 10.0 Å². The number of hydrogen-bond acceptors (Lipinski definition) is 5. The van der Waals surface area contributed by atoms with Crippen LogP contribution in [0.2, 0.25) is 0 Å². The summed E-state index contributed by atoms with van der Waals surface area (Å²) in [5.74, 6) is 0.833. The first-order chi connectivity index (χ1) is 11.0. The van der Waals surface area contributed by atoms with Crippen LogP contribution in [0.3, 0.4) is 0 Å². The van der Waals surface area contributed by atoms with Gasteiger partial charge in [-0.25, -0.2) is 4.72 Å². The summed E-state index contributed by atoms with van der Waals surface area (Å²) in [5, 5.41) is 12.7. The van der Waals surface area contributed by atoms with Gasteiger partial charge in [0.15, 0.2) is 0 Å². The van der Waals surface area contributed by atoms with Gasteiger partial charge in [-0.05, 0) is 60.4 Å². The molecule has 1 atom stereocenters. The summed E-state index contributed by atoms with van der Waals surface area (Å²) in [4.78, 5) is 0. The third kappa shape index (κ3) is 4.48. The Bertz CT molecular complexity index is 499. The fraction of sp³-hybridized carbons (Fsp3) is 0.667. The van der Waals surface area contributed by atoms with E-state index in [0.717, 1.165) is 43.8 Å². The van der Waals surface area contributed by atoms with Gasteiger partial charge in [0.05, 0.1) is 24.9 Å². The van der Waals surface area contributed by atoms with Crippen LogP contribution in [-0.2, 0) is 13.0 Å². The van der Waals surface area contributed by atoms with E-state index in [4.69, 9.17) is 0 Å². The quantitative estimate of drug-likeness (QED) is 0.502. The van der Waals surface area contributed by atoms with E-state index in [-0.39, 0.29) is 18.1 Å². The van der Waals surface area contributed by atoms with Crippen LogP contribution in [0.4, 0.5) is 0 Å². The number of rotatable bonds is 3. The Balaban J connectivity index is 0.000000433. The van der Waals surface area contributed by atoms with Crippen molar-refractivity contribution in [3.63, 3.8) is 0 Å². The summed E-state index contributed by atoms with van der Waals surface area (Å²) >= 11 is 0.711. The fourth-order valence-electron chi connectivity index (χ4n) is 3.61. The summed E-state index contributed by atoms with van der Waals surface area (Å²) in [6.45, 7) is 8.64. The van der Waals surface area contributed by atoms with Gasteiger partial charge in [0.1, 0.15) is 0 Å². The fourth-order valence-corrected chi connectivity index (χ4v) is 4.10. The van der Waals surface area contributed by atoms with Crippen LogP contribution in [0.5, 0.6) is 0 Å². The molecule has 0 aromatic heterocycles. The second-order valence-electron chi connectivity index (χ2n) is 7.35. The van der Waals surface area contributed by atoms with Gasteiger partial charge >= 0.3 is 0 Å². The predicted molar refractivity (Wildman–Crippen MR) is 97.2 cm³/mol. The van der Waals surface area contributed by atoms with Crippen molar-refractivity contribution in [2.45, 2.75) is 52.7 Å². The molecule has 1 aliphatic carbocycles. The van der Waals surface area contributed by atoms with E-state index in [0.29, 0.717) is 12.2 Å². The molecule has 1 aromatic rings. The molecule has 1 spiro atoms. The van der Waals surface area contributed by atoms with Gasteiger partial charge in [-0.2, -0.15) is 0 Å². The lowest BCUT2D eigenvalue weighted by Crippen LogP contribution is -2.42. The molecule has 23 heavy (non-hydrogen) atoms. The van der Waals surface area contributed by atoms with Gasteiger partial charge in [0, 0.05) is 0 Å². The Morgan fingerprint density at radius 3 is 2.52 bits per heavy atom. The number of piperidine rings is 1. The van der Waals surface area contributed by atoms with E-state index < -0.39 is 0 Å². The standard InChI is InChI=1S/C14H20N2O2S.C4H10/c17-9-10-1-2-11-8-14(3-5-15-6-4-14)13(16-19-18)12(11)7-10;1-4(2)3/h1-2,7,13,15-18H,3-6,8-9H2;4H,1-3H3. The lowest BCUT2D eigenvalue weighted by atomic mass is 9.73. The van der Waals surface area contributed by atoms with Crippen LogP contribution in [0.25, 0.3) is 0 Å². The van der Waals surface area contributed by atoms with Gasteiger partial charge in [0.2, 0.25) is 0 Å². The largest absolute Gasteiger partial charge is 0.392 e. The Morgan fingerprint density at radius 2 is 1.96 bits per heavy atom. The minimum Gasteiger partial charge on any atom is -0.392 e. The average molecular weight is 339 g/mol. The summed E-state index contributed by atoms with van der Waals surface area (Å²) in [6, 6.07) is 6.39. The summed E-state index contributed by atoms with van der Waals surface area (Å²) in [7, 11) is 0. The first kappa shape index (κ1) is 18.7. The van der Waals surface area contributed by atoms with Gasteiger partial charge in [0.25, 0.3) is 0 Å². The zero-order valence-electron chi connectivity index (χ0n) is 14.4. The van der Waals surface area contributed by atoms with Crippen molar-refractivity contribution >= 4 is 12.2 Å². The lowest BCUT2D eigenvalue weighted by molar-refractivity contribution is 0.165. The van der Waals surface area contributed by atoms with Crippen molar-refractivity contribution in [1.29, 1.82) is 0 Å². The number of fused-ring (bicyclic) bond motifs is 1. The SMILES string of the molecule is CC(C)C.OCc1ccc2c(c1)C(NSO)C1(CCNCC1)C2. The van der Waals surface area contributed by atoms with E-state index in [9.17, 15) is 9.66 Å². The second-order valence-corrected chi connectivity index (χ2v) is 7.77. The molecule has 4 nitrogen and oxygen atoms in total. The van der Waals surface area contributed by atoms with E-state index in [2.05, 4.69) is 42.9 Å². The Morgan fingerprint density at radius 1 is 1.30 bits per heavy atom. The third-order valence-electron chi connectivity index (χ3n) is 4.63. The zero-order valence-corrected chi connectivity index (χ0v) is 15.2. The average Bonchev–Trinajstić information content (AvgIpc) is 2.80. The molecule has 1 fully saturated rings. The maximum Gasteiger partial charge on any atom is 0.0766 e. The van der Waals surface area contributed by atoms with Crippen LogP contribution in [-0.4, -0.2) is 22.7 Å². The number of nitrogens with one attached hydrogen (secondary N) is 2. The van der Waals surface area contributed by atoms with E-state index in [1.165, 1.54) is 11.1 Å². The van der Waals surface area contributed by atoms with Crippen molar-refractivity contribution in [2.75, 3.05) is 13.1 Å². The van der Waals surface area contributed by atoms with Crippen LogP contribution in [0.1, 0.15) is 56.3 Å². The highest BCUT2D eigenvalue weighted by atomic mass is 32.2. The molecule has 1 aromatic carbocycles. The molecule has 2 aliphatic rings. The van der Waals surface area contributed by atoms with Crippen molar-refractivity contribution in [3.05, 3.63) is 34.9 Å². The minimum atomic E-state index is 0.0703. The topological polar surface area (TPSA) is 64.5 Å². The monoisotopic (exact) mass is 338 g/mol. The van der Waals surface area contributed by atoms with Crippen LogP contribution >= 0.6 is 12.2 Å².